The quantitative estimate of drug-likeness (QED) is 0.689. The molecule has 0 saturated carbocycles. The Morgan fingerprint density at radius 1 is 1.13 bits per heavy atom. The Bertz CT molecular complexity index is 1000. The molecule has 0 aliphatic carbocycles. The van der Waals surface area contributed by atoms with E-state index in [2.05, 4.69) is 5.32 Å². The molecule has 1 N–H and O–H groups in total. The average Bonchev–Trinajstić information content (AvgIpc) is 3.29. The number of para-hydroxylation sites is 1. The summed E-state index contributed by atoms with van der Waals surface area (Å²) in [6.45, 7) is 4.79. The standard InChI is InChI=1S/C22H28N2O5S/c1-4-19(29-20-10-6-5-9-16(20)2)22(25)23-18-15-17(11-12-21(18)28-3)30(26,27)24-13-7-8-14-24/h5-6,9-12,15,19H,4,7-8,13-14H2,1-3H3,(H,23,25)/t19-/m0/s1. The maximum Gasteiger partial charge on any atom is 0.265 e. The molecule has 1 aliphatic rings. The Labute approximate surface area is 178 Å². The van der Waals surface area contributed by atoms with Crippen LogP contribution in [0.15, 0.2) is 47.4 Å². The molecular weight excluding hydrogens is 404 g/mol. The molecule has 2 aromatic carbocycles. The lowest BCUT2D eigenvalue weighted by Gasteiger charge is -2.20. The monoisotopic (exact) mass is 432 g/mol. The minimum atomic E-state index is -3.61. The number of hydrogen-bond donors (Lipinski definition) is 1. The number of nitrogens with zero attached hydrogens (tertiary/aromatic N) is 1. The topological polar surface area (TPSA) is 84.9 Å². The van der Waals surface area contributed by atoms with Gasteiger partial charge in [-0.2, -0.15) is 4.31 Å². The van der Waals surface area contributed by atoms with Gasteiger partial charge in [-0.3, -0.25) is 4.79 Å². The number of carbonyl (C=O) groups is 1. The van der Waals surface area contributed by atoms with Crippen LogP contribution >= 0.6 is 0 Å². The van der Waals surface area contributed by atoms with E-state index in [9.17, 15) is 13.2 Å². The molecular formula is C22H28N2O5S. The van der Waals surface area contributed by atoms with E-state index < -0.39 is 16.1 Å². The summed E-state index contributed by atoms with van der Waals surface area (Å²) in [5.74, 6) is 0.654. The fraction of sp³-hybridized carbons (Fsp3) is 0.409. The van der Waals surface area contributed by atoms with Gasteiger partial charge in [-0.1, -0.05) is 25.1 Å². The van der Waals surface area contributed by atoms with Crippen LogP contribution in [0.4, 0.5) is 5.69 Å². The Morgan fingerprint density at radius 2 is 1.83 bits per heavy atom. The van der Waals surface area contributed by atoms with Crippen LogP contribution in [-0.4, -0.2) is 44.9 Å². The Hall–Kier alpha value is -2.58. The molecule has 0 bridgehead atoms. The first-order valence-corrected chi connectivity index (χ1v) is 11.5. The molecule has 0 aromatic heterocycles. The molecule has 0 spiro atoms. The molecule has 3 rings (SSSR count). The van der Waals surface area contributed by atoms with Crippen LogP contribution in [0.5, 0.6) is 11.5 Å². The van der Waals surface area contributed by atoms with E-state index in [0.29, 0.717) is 36.7 Å². The number of nitrogens with one attached hydrogen (secondary N) is 1. The zero-order valence-corrected chi connectivity index (χ0v) is 18.4. The summed E-state index contributed by atoms with van der Waals surface area (Å²) in [6, 6.07) is 12.0. The number of anilines is 1. The molecule has 8 heteroatoms. The normalized spacial score (nSPS) is 15.6. The lowest BCUT2D eigenvalue weighted by atomic mass is 10.2. The molecule has 1 heterocycles. The molecule has 7 nitrogen and oxygen atoms in total. The third-order valence-corrected chi connectivity index (χ3v) is 7.05. The Morgan fingerprint density at radius 3 is 2.47 bits per heavy atom. The van der Waals surface area contributed by atoms with Gasteiger partial charge >= 0.3 is 0 Å². The van der Waals surface area contributed by atoms with Crippen LogP contribution < -0.4 is 14.8 Å². The van der Waals surface area contributed by atoms with Crippen molar-refractivity contribution in [1.29, 1.82) is 0 Å². The van der Waals surface area contributed by atoms with Gasteiger partial charge in [-0.15, -0.1) is 0 Å². The van der Waals surface area contributed by atoms with Crippen molar-refractivity contribution in [2.75, 3.05) is 25.5 Å². The zero-order valence-electron chi connectivity index (χ0n) is 17.6. The van der Waals surface area contributed by atoms with Crippen LogP contribution in [0.1, 0.15) is 31.7 Å². The van der Waals surface area contributed by atoms with Gasteiger partial charge in [0.15, 0.2) is 6.10 Å². The van der Waals surface area contributed by atoms with Crippen molar-refractivity contribution in [3.63, 3.8) is 0 Å². The summed E-state index contributed by atoms with van der Waals surface area (Å²) in [4.78, 5) is 13.0. The maximum absolute atomic E-state index is 12.9. The molecule has 1 fully saturated rings. The van der Waals surface area contributed by atoms with Gasteiger partial charge in [-0.25, -0.2) is 8.42 Å². The second-order valence-corrected chi connectivity index (χ2v) is 9.18. The third-order valence-electron chi connectivity index (χ3n) is 5.16. The first-order valence-electron chi connectivity index (χ1n) is 10.1. The summed E-state index contributed by atoms with van der Waals surface area (Å²) in [5, 5.41) is 2.78. The van der Waals surface area contributed by atoms with E-state index in [1.54, 1.807) is 6.07 Å². The molecule has 162 valence electrons. The number of ether oxygens (including phenoxy) is 2. The van der Waals surface area contributed by atoms with Crippen molar-refractivity contribution < 1.29 is 22.7 Å². The van der Waals surface area contributed by atoms with E-state index in [4.69, 9.17) is 9.47 Å². The smallest absolute Gasteiger partial charge is 0.265 e. The lowest BCUT2D eigenvalue weighted by molar-refractivity contribution is -0.122. The molecule has 1 atom stereocenters. The second kappa shape index (κ2) is 9.49. The minimum Gasteiger partial charge on any atom is -0.495 e. The van der Waals surface area contributed by atoms with Crippen LogP contribution in [0.25, 0.3) is 0 Å². The first-order chi connectivity index (χ1) is 14.4. The van der Waals surface area contributed by atoms with Crippen molar-refractivity contribution in [3.05, 3.63) is 48.0 Å². The number of amides is 1. The number of benzene rings is 2. The molecule has 0 unspecified atom stereocenters. The van der Waals surface area contributed by atoms with Crippen LogP contribution in [0.3, 0.4) is 0 Å². The van der Waals surface area contributed by atoms with Crippen molar-refractivity contribution in [3.8, 4) is 11.5 Å². The van der Waals surface area contributed by atoms with Crippen LogP contribution in [0, 0.1) is 6.92 Å². The van der Waals surface area contributed by atoms with Gasteiger partial charge < -0.3 is 14.8 Å². The predicted molar refractivity (Wildman–Crippen MR) is 116 cm³/mol. The molecule has 1 aliphatic heterocycles. The number of sulfonamides is 1. The highest BCUT2D eigenvalue weighted by molar-refractivity contribution is 7.89. The highest BCUT2D eigenvalue weighted by atomic mass is 32.2. The van der Waals surface area contributed by atoms with Crippen molar-refractivity contribution >= 4 is 21.6 Å². The van der Waals surface area contributed by atoms with Gasteiger partial charge in [0.1, 0.15) is 11.5 Å². The predicted octanol–water partition coefficient (Wildman–Crippen LogP) is 3.58. The number of rotatable bonds is 8. The lowest BCUT2D eigenvalue weighted by Crippen LogP contribution is -2.33. The average molecular weight is 433 g/mol. The Balaban J connectivity index is 1.83. The highest BCUT2D eigenvalue weighted by Gasteiger charge is 2.28. The van der Waals surface area contributed by atoms with Crippen molar-refractivity contribution in [2.24, 2.45) is 0 Å². The molecule has 0 radical (unpaired) electrons. The van der Waals surface area contributed by atoms with Gasteiger partial charge in [0, 0.05) is 13.1 Å². The summed E-state index contributed by atoms with van der Waals surface area (Å²) in [5.41, 5.74) is 1.23. The van der Waals surface area contributed by atoms with E-state index in [0.717, 1.165) is 18.4 Å². The first kappa shape index (κ1) is 22.1. The largest absolute Gasteiger partial charge is 0.495 e. The summed E-state index contributed by atoms with van der Waals surface area (Å²) < 4.78 is 38.5. The van der Waals surface area contributed by atoms with Gasteiger partial charge in [0.05, 0.1) is 17.7 Å². The molecule has 30 heavy (non-hydrogen) atoms. The highest BCUT2D eigenvalue weighted by Crippen LogP contribution is 2.30. The van der Waals surface area contributed by atoms with E-state index in [1.165, 1.54) is 23.5 Å². The van der Waals surface area contributed by atoms with Crippen LogP contribution in [-0.2, 0) is 14.8 Å². The van der Waals surface area contributed by atoms with E-state index in [-0.39, 0.29) is 10.8 Å². The van der Waals surface area contributed by atoms with E-state index in [1.807, 2.05) is 38.1 Å². The molecule has 1 saturated heterocycles. The zero-order chi connectivity index (χ0) is 21.7. The second-order valence-electron chi connectivity index (χ2n) is 7.24. The van der Waals surface area contributed by atoms with E-state index >= 15 is 0 Å². The number of carbonyl (C=O) groups excluding carboxylic acids is 1. The maximum atomic E-state index is 12.9. The van der Waals surface area contributed by atoms with Gasteiger partial charge in [-0.05, 0) is 56.0 Å². The fourth-order valence-corrected chi connectivity index (χ4v) is 4.94. The van der Waals surface area contributed by atoms with Crippen LogP contribution in [0.2, 0.25) is 0 Å². The summed E-state index contributed by atoms with van der Waals surface area (Å²) in [6.07, 6.45) is 1.43. The van der Waals surface area contributed by atoms with Crippen molar-refractivity contribution in [2.45, 2.75) is 44.1 Å². The minimum absolute atomic E-state index is 0.133. The fourth-order valence-electron chi connectivity index (χ4n) is 3.40. The summed E-state index contributed by atoms with van der Waals surface area (Å²) >= 11 is 0. The SMILES string of the molecule is CC[C@H](Oc1ccccc1C)C(=O)Nc1cc(S(=O)(=O)N2CCCC2)ccc1OC. The summed E-state index contributed by atoms with van der Waals surface area (Å²) in [7, 11) is -2.13. The van der Waals surface area contributed by atoms with Crippen molar-refractivity contribution in [1.82, 2.24) is 4.31 Å². The number of hydrogen-bond acceptors (Lipinski definition) is 5. The Kier molecular flexibility index (Phi) is 6.99. The third kappa shape index (κ3) is 4.76. The number of aryl methyl sites for hydroxylation is 1. The molecule has 2 aromatic rings. The van der Waals surface area contributed by atoms with Gasteiger partial charge in [0.25, 0.3) is 5.91 Å². The molecule has 1 amide bonds. The number of methoxy groups -OCH3 is 1. The van der Waals surface area contributed by atoms with Gasteiger partial charge in [0.2, 0.25) is 10.0 Å².